The normalized spacial score (nSPS) is 13.0. The van der Waals surface area contributed by atoms with Gasteiger partial charge >= 0.3 is 0 Å². The van der Waals surface area contributed by atoms with Crippen molar-refractivity contribution in [2.75, 3.05) is 26.7 Å². The maximum Gasteiger partial charge on any atom is 0.269 e. The van der Waals surface area contributed by atoms with Crippen molar-refractivity contribution in [3.8, 4) is 5.75 Å². The van der Waals surface area contributed by atoms with Gasteiger partial charge in [0.1, 0.15) is 5.75 Å². The summed E-state index contributed by atoms with van der Waals surface area (Å²) in [6.45, 7) is 8.25. The van der Waals surface area contributed by atoms with Crippen LogP contribution in [0.3, 0.4) is 0 Å². The third-order valence-electron chi connectivity index (χ3n) is 4.93. The average molecular weight is 432 g/mol. The molecule has 0 aromatic heterocycles. The molecule has 0 aliphatic heterocycles. The predicted octanol–water partition coefficient (Wildman–Crippen LogP) is 4.28. The SMILES string of the molecule is CCN(CC)C(CNC(=O)C(C)Sc1ccc([N+](=O)[O-])cc1)c1cccc(OC)c1. The molecule has 1 amide bonds. The molecule has 7 nitrogen and oxygen atoms in total. The van der Waals surface area contributed by atoms with Crippen LogP contribution in [-0.2, 0) is 4.79 Å². The number of carbonyl (C=O) groups excluding carboxylic acids is 1. The molecule has 0 fully saturated rings. The molecule has 162 valence electrons. The fourth-order valence-electron chi connectivity index (χ4n) is 3.22. The summed E-state index contributed by atoms with van der Waals surface area (Å²) in [5.41, 5.74) is 1.13. The average Bonchev–Trinajstić information content (AvgIpc) is 2.76. The van der Waals surface area contributed by atoms with Crippen LogP contribution < -0.4 is 10.1 Å². The van der Waals surface area contributed by atoms with Crippen molar-refractivity contribution in [2.45, 2.75) is 37.0 Å². The quantitative estimate of drug-likeness (QED) is 0.325. The number of nitrogens with zero attached hydrogens (tertiary/aromatic N) is 2. The Kier molecular flexibility index (Phi) is 9.14. The van der Waals surface area contributed by atoms with Gasteiger partial charge in [-0.2, -0.15) is 0 Å². The molecule has 30 heavy (non-hydrogen) atoms. The lowest BCUT2D eigenvalue weighted by Crippen LogP contribution is -2.40. The Balaban J connectivity index is 2.04. The highest BCUT2D eigenvalue weighted by Gasteiger charge is 2.21. The van der Waals surface area contributed by atoms with Crippen LogP contribution in [0.4, 0.5) is 5.69 Å². The third-order valence-corrected chi connectivity index (χ3v) is 6.04. The number of methoxy groups -OCH3 is 1. The van der Waals surface area contributed by atoms with Gasteiger partial charge < -0.3 is 10.1 Å². The van der Waals surface area contributed by atoms with Gasteiger partial charge in [0.15, 0.2) is 0 Å². The molecular weight excluding hydrogens is 402 g/mol. The van der Waals surface area contributed by atoms with E-state index in [0.717, 1.165) is 29.3 Å². The highest BCUT2D eigenvalue weighted by Crippen LogP contribution is 2.27. The molecule has 0 heterocycles. The Labute approximate surface area is 181 Å². The zero-order chi connectivity index (χ0) is 22.1. The van der Waals surface area contributed by atoms with Crippen molar-refractivity contribution in [1.82, 2.24) is 10.2 Å². The maximum absolute atomic E-state index is 12.7. The van der Waals surface area contributed by atoms with Crippen molar-refractivity contribution in [3.05, 3.63) is 64.2 Å². The van der Waals surface area contributed by atoms with Crippen molar-refractivity contribution >= 4 is 23.4 Å². The van der Waals surface area contributed by atoms with Crippen molar-refractivity contribution in [2.24, 2.45) is 0 Å². The van der Waals surface area contributed by atoms with Gasteiger partial charge in [-0.15, -0.1) is 11.8 Å². The molecular formula is C22H29N3O4S. The van der Waals surface area contributed by atoms with E-state index in [4.69, 9.17) is 4.74 Å². The van der Waals surface area contributed by atoms with Crippen LogP contribution in [0.1, 0.15) is 32.4 Å². The summed E-state index contributed by atoms with van der Waals surface area (Å²) < 4.78 is 5.35. The van der Waals surface area contributed by atoms with E-state index >= 15 is 0 Å². The number of non-ortho nitro benzene ring substituents is 1. The molecule has 0 saturated heterocycles. The lowest BCUT2D eigenvalue weighted by Gasteiger charge is -2.30. The first-order valence-electron chi connectivity index (χ1n) is 9.96. The van der Waals surface area contributed by atoms with Gasteiger partial charge in [0.05, 0.1) is 23.3 Å². The van der Waals surface area contributed by atoms with Crippen LogP contribution in [-0.4, -0.2) is 47.7 Å². The monoisotopic (exact) mass is 431 g/mol. The number of rotatable bonds is 11. The van der Waals surface area contributed by atoms with Gasteiger partial charge in [-0.3, -0.25) is 19.8 Å². The second kappa shape index (κ2) is 11.6. The van der Waals surface area contributed by atoms with Gasteiger partial charge in [-0.25, -0.2) is 0 Å². The summed E-state index contributed by atoms with van der Waals surface area (Å²) in [6.07, 6.45) is 0. The first-order chi connectivity index (χ1) is 14.4. The third kappa shape index (κ3) is 6.47. The van der Waals surface area contributed by atoms with Gasteiger partial charge in [-0.05, 0) is 49.8 Å². The largest absolute Gasteiger partial charge is 0.497 e. The Morgan fingerprint density at radius 2 is 1.87 bits per heavy atom. The van der Waals surface area contributed by atoms with Crippen molar-refractivity contribution in [3.63, 3.8) is 0 Å². The van der Waals surface area contributed by atoms with Gasteiger partial charge in [-0.1, -0.05) is 26.0 Å². The fraction of sp³-hybridized carbons (Fsp3) is 0.409. The topological polar surface area (TPSA) is 84.7 Å². The molecule has 8 heteroatoms. The highest BCUT2D eigenvalue weighted by molar-refractivity contribution is 8.00. The Morgan fingerprint density at radius 1 is 1.20 bits per heavy atom. The first-order valence-corrected chi connectivity index (χ1v) is 10.8. The molecule has 0 saturated carbocycles. The minimum atomic E-state index is -0.434. The number of nitrogens with one attached hydrogen (secondary N) is 1. The second-order valence-electron chi connectivity index (χ2n) is 6.77. The number of hydrogen-bond acceptors (Lipinski definition) is 6. The van der Waals surface area contributed by atoms with Crippen LogP contribution in [0, 0.1) is 10.1 Å². The van der Waals surface area contributed by atoms with Crippen LogP contribution in [0.2, 0.25) is 0 Å². The number of nitro benzene ring substituents is 1. The number of hydrogen-bond donors (Lipinski definition) is 1. The smallest absolute Gasteiger partial charge is 0.269 e. The van der Waals surface area contributed by atoms with Gasteiger partial charge in [0, 0.05) is 23.6 Å². The predicted molar refractivity (Wildman–Crippen MR) is 120 cm³/mol. The molecule has 2 unspecified atom stereocenters. The zero-order valence-electron chi connectivity index (χ0n) is 17.8. The lowest BCUT2D eigenvalue weighted by atomic mass is 10.0. The van der Waals surface area contributed by atoms with E-state index in [2.05, 4.69) is 24.1 Å². The number of ether oxygens (including phenoxy) is 1. The van der Waals surface area contributed by atoms with E-state index in [1.165, 1.54) is 23.9 Å². The van der Waals surface area contributed by atoms with Crippen molar-refractivity contribution in [1.29, 1.82) is 0 Å². The number of carbonyl (C=O) groups is 1. The van der Waals surface area contributed by atoms with E-state index < -0.39 is 4.92 Å². The van der Waals surface area contributed by atoms with E-state index in [1.54, 1.807) is 19.2 Å². The molecule has 0 radical (unpaired) electrons. The van der Waals surface area contributed by atoms with E-state index in [-0.39, 0.29) is 22.9 Å². The minimum absolute atomic E-state index is 0.0376. The summed E-state index contributed by atoms with van der Waals surface area (Å²) >= 11 is 1.38. The fourth-order valence-corrected chi connectivity index (χ4v) is 4.11. The second-order valence-corrected chi connectivity index (χ2v) is 8.18. The first kappa shape index (κ1) is 23.7. The van der Waals surface area contributed by atoms with Crippen molar-refractivity contribution < 1.29 is 14.5 Å². The Morgan fingerprint density at radius 3 is 2.43 bits per heavy atom. The molecule has 0 aliphatic rings. The summed E-state index contributed by atoms with van der Waals surface area (Å²) in [5, 5.41) is 13.5. The number of amides is 1. The molecule has 2 rings (SSSR count). The number of likely N-dealkylation sites (N-methyl/N-ethyl adjacent to an activating group) is 1. The van der Waals surface area contributed by atoms with Crippen LogP contribution in [0.15, 0.2) is 53.4 Å². The van der Waals surface area contributed by atoms with Gasteiger partial charge in [0.25, 0.3) is 5.69 Å². The van der Waals surface area contributed by atoms with Crippen LogP contribution in [0.5, 0.6) is 5.75 Å². The highest BCUT2D eigenvalue weighted by atomic mass is 32.2. The standard InChI is InChI=1S/C22H29N3O4S/c1-5-24(6-2)21(17-8-7-9-19(14-17)29-4)15-23-22(26)16(3)30-20-12-10-18(11-13-20)25(27)28/h7-14,16,21H,5-6,15H2,1-4H3,(H,23,26). The van der Waals surface area contributed by atoms with E-state index in [0.29, 0.717) is 6.54 Å². The molecule has 0 bridgehead atoms. The van der Waals surface area contributed by atoms with E-state index in [9.17, 15) is 14.9 Å². The number of nitro groups is 1. The van der Waals surface area contributed by atoms with Crippen LogP contribution in [0.25, 0.3) is 0 Å². The minimum Gasteiger partial charge on any atom is -0.497 e. The van der Waals surface area contributed by atoms with Gasteiger partial charge in [0.2, 0.25) is 5.91 Å². The maximum atomic E-state index is 12.7. The zero-order valence-corrected chi connectivity index (χ0v) is 18.6. The summed E-state index contributed by atoms with van der Waals surface area (Å²) in [6, 6.07) is 14.2. The molecule has 2 aromatic rings. The van der Waals surface area contributed by atoms with Crippen LogP contribution >= 0.6 is 11.8 Å². The number of benzene rings is 2. The molecule has 1 N–H and O–H groups in total. The molecule has 0 aliphatic carbocycles. The summed E-state index contributed by atoms with van der Waals surface area (Å²) in [5.74, 6) is 0.719. The lowest BCUT2D eigenvalue weighted by molar-refractivity contribution is -0.384. The number of thioether (sulfide) groups is 1. The summed E-state index contributed by atoms with van der Waals surface area (Å²) in [4.78, 5) is 26.2. The summed E-state index contributed by atoms with van der Waals surface area (Å²) in [7, 11) is 1.64. The molecule has 0 spiro atoms. The molecule has 2 atom stereocenters. The Bertz CT molecular complexity index is 841. The van der Waals surface area contributed by atoms with E-state index in [1.807, 2.05) is 31.2 Å². The molecule has 2 aromatic carbocycles. The Hall–Kier alpha value is -2.58.